The van der Waals surface area contributed by atoms with Crippen LogP contribution >= 0.6 is 0 Å². The molecule has 1 aliphatic rings. The number of aromatic nitrogens is 3. The lowest BCUT2D eigenvalue weighted by Gasteiger charge is -2.17. The van der Waals surface area contributed by atoms with E-state index in [0.29, 0.717) is 24.9 Å². The van der Waals surface area contributed by atoms with Crippen molar-refractivity contribution in [2.75, 3.05) is 12.3 Å². The van der Waals surface area contributed by atoms with E-state index < -0.39 is 0 Å². The molecule has 5 heteroatoms. The maximum Gasteiger partial charge on any atom is 0.180 e. The third kappa shape index (κ3) is 1.85. The van der Waals surface area contributed by atoms with E-state index in [0.717, 1.165) is 23.4 Å². The molecule has 2 N–H and O–H groups in total. The Morgan fingerprint density at radius 1 is 1.24 bits per heavy atom. The summed E-state index contributed by atoms with van der Waals surface area (Å²) in [5.74, 6) is 1.08. The maximum atomic E-state index is 5.92. The molecule has 3 heterocycles. The minimum Gasteiger partial charge on any atom is -0.383 e. The van der Waals surface area contributed by atoms with Gasteiger partial charge in [0.15, 0.2) is 5.82 Å². The lowest BCUT2D eigenvalue weighted by molar-refractivity contribution is 0.109. The van der Waals surface area contributed by atoms with E-state index in [1.54, 1.807) is 6.20 Å². The molecule has 1 aliphatic heterocycles. The van der Waals surface area contributed by atoms with Gasteiger partial charge in [0, 0.05) is 18.2 Å². The van der Waals surface area contributed by atoms with Crippen LogP contribution in [0.5, 0.6) is 0 Å². The summed E-state index contributed by atoms with van der Waals surface area (Å²) in [6.07, 6.45) is 2.50. The molecule has 3 rings (SSSR count). The Bertz CT molecular complexity index is 542. The smallest absolute Gasteiger partial charge is 0.180 e. The number of fused-ring (bicyclic) bond motifs is 1. The molecule has 0 aliphatic carbocycles. The van der Waals surface area contributed by atoms with Crippen LogP contribution < -0.4 is 5.73 Å². The van der Waals surface area contributed by atoms with Crippen molar-refractivity contribution in [2.24, 2.45) is 0 Å². The molecule has 17 heavy (non-hydrogen) atoms. The SMILES string of the molecule is Nc1nc(-c2ccccn2)nc2c1COCC2. The molecule has 0 saturated carbocycles. The first-order valence-corrected chi connectivity index (χ1v) is 5.49. The van der Waals surface area contributed by atoms with Crippen molar-refractivity contribution in [3.05, 3.63) is 35.7 Å². The van der Waals surface area contributed by atoms with Gasteiger partial charge in [0.2, 0.25) is 0 Å². The molecule has 0 radical (unpaired) electrons. The van der Waals surface area contributed by atoms with Gasteiger partial charge in [-0.05, 0) is 12.1 Å². The molecule has 2 aromatic heterocycles. The predicted octanol–water partition coefficient (Wildman–Crippen LogP) is 1.19. The average Bonchev–Trinajstić information content (AvgIpc) is 2.40. The zero-order chi connectivity index (χ0) is 11.7. The highest BCUT2D eigenvalue weighted by Gasteiger charge is 2.17. The number of rotatable bonds is 1. The zero-order valence-electron chi connectivity index (χ0n) is 9.26. The Morgan fingerprint density at radius 3 is 3.00 bits per heavy atom. The van der Waals surface area contributed by atoms with Crippen LogP contribution in [0.1, 0.15) is 11.3 Å². The molecule has 0 unspecified atom stereocenters. The number of hydrogen-bond acceptors (Lipinski definition) is 5. The Kier molecular flexibility index (Phi) is 2.45. The van der Waals surface area contributed by atoms with Gasteiger partial charge in [-0.2, -0.15) is 0 Å². The Balaban J connectivity index is 2.11. The molecule has 5 nitrogen and oxygen atoms in total. The molecular weight excluding hydrogens is 216 g/mol. The van der Waals surface area contributed by atoms with Crippen molar-refractivity contribution in [2.45, 2.75) is 13.0 Å². The molecule has 0 fully saturated rings. The Hall–Kier alpha value is -2.01. The average molecular weight is 228 g/mol. The summed E-state index contributed by atoms with van der Waals surface area (Å²) in [6, 6.07) is 5.64. The second-order valence-electron chi connectivity index (χ2n) is 3.88. The third-order valence-electron chi connectivity index (χ3n) is 2.75. The van der Waals surface area contributed by atoms with Gasteiger partial charge in [0.25, 0.3) is 0 Å². The van der Waals surface area contributed by atoms with Crippen molar-refractivity contribution >= 4 is 5.82 Å². The summed E-state index contributed by atoms with van der Waals surface area (Å²) < 4.78 is 5.35. The van der Waals surface area contributed by atoms with Crippen LogP contribution in [-0.4, -0.2) is 21.6 Å². The van der Waals surface area contributed by atoms with Crippen LogP contribution in [0.25, 0.3) is 11.5 Å². The van der Waals surface area contributed by atoms with Gasteiger partial charge in [0.1, 0.15) is 11.5 Å². The number of anilines is 1. The van der Waals surface area contributed by atoms with Crippen molar-refractivity contribution < 1.29 is 4.74 Å². The van der Waals surface area contributed by atoms with E-state index in [1.165, 1.54) is 0 Å². The van der Waals surface area contributed by atoms with Crippen molar-refractivity contribution in [3.8, 4) is 11.5 Å². The molecule has 0 atom stereocenters. The highest BCUT2D eigenvalue weighted by Crippen LogP contribution is 2.23. The molecule has 0 bridgehead atoms. The van der Waals surface area contributed by atoms with E-state index in [4.69, 9.17) is 10.5 Å². The summed E-state index contributed by atoms with van der Waals surface area (Å²) in [7, 11) is 0. The van der Waals surface area contributed by atoms with Gasteiger partial charge in [0.05, 0.1) is 18.9 Å². The number of pyridine rings is 1. The standard InChI is InChI=1S/C12H12N4O/c13-11-8-7-17-6-4-9(8)15-12(16-11)10-3-1-2-5-14-10/h1-3,5H,4,6-7H2,(H2,13,15,16). The van der Waals surface area contributed by atoms with Gasteiger partial charge in [-0.1, -0.05) is 6.07 Å². The van der Waals surface area contributed by atoms with Crippen molar-refractivity contribution in [1.29, 1.82) is 0 Å². The summed E-state index contributed by atoms with van der Waals surface area (Å²) in [4.78, 5) is 13.0. The summed E-state index contributed by atoms with van der Waals surface area (Å²) in [6.45, 7) is 1.19. The lowest BCUT2D eigenvalue weighted by atomic mass is 10.1. The molecule has 0 saturated heterocycles. The maximum absolute atomic E-state index is 5.92. The number of ether oxygens (including phenoxy) is 1. The van der Waals surface area contributed by atoms with Gasteiger partial charge in [-0.3, -0.25) is 4.98 Å². The van der Waals surface area contributed by atoms with Crippen LogP contribution in [0.2, 0.25) is 0 Å². The molecule has 0 aromatic carbocycles. The van der Waals surface area contributed by atoms with E-state index in [9.17, 15) is 0 Å². The monoisotopic (exact) mass is 228 g/mol. The van der Waals surface area contributed by atoms with E-state index >= 15 is 0 Å². The topological polar surface area (TPSA) is 73.9 Å². The largest absolute Gasteiger partial charge is 0.383 e. The third-order valence-corrected chi connectivity index (χ3v) is 2.75. The molecule has 2 aromatic rings. The van der Waals surface area contributed by atoms with Crippen molar-refractivity contribution in [3.63, 3.8) is 0 Å². The highest BCUT2D eigenvalue weighted by atomic mass is 16.5. The van der Waals surface area contributed by atoms with Gasteiger partial charge in [-0.15, -0.1) is 0 Å². The minimum atomic E-state index is 0.496. The minimum absolute atomic E-state index is 0.496. The fraction of sp³-hybridized carbons (Fsp3) is 0.250. The first-order chi connectivity index (χ1) is 8.34. The quantitative estimate of drug-likeness (QED) is 0.793. The second-order valence-corrected chi connectivity index (χ2v) is 3.88. The predicted molar refractivity (Wildman–Crippen MR) is 63.0 cm³/mol. The first kappa shape index (κ1) is 10.2. The molecule has 0 spiro atoms. The summed E-state index contributed by atoms with van der Waals surface area (Å²) >= 11 is 0. The molecule has 86 valence electrons. The van der Waals surface area contributed by atoms with E-state index in [1.807, 2.05) is 18.2 Å². The number of nitrogen functional groups attached to an aromatic ring is 1. The first-order valence-electron chi connectivity index (χ1n) is 5.49. The fourth-order valence-electron chi connectivity index (χ4n) is 1.87. The summed E-state index contributed by atoms with van der Waals surface area (Å²) in [5, 5.41) is 0. The van der Waals surface area contributed by atoms with Crippen LogP contribution in [0.15, 0.2) is 24.4 Å². The Morgan fingerprint density at radius 2 is 2.18 bits per heavy atom. The second kappa shape index (κ2) is 4.10. The van der Waals surface area contributed by atoms with Crippen LogP contribution in [0.4, 0.5) is 5.82 Å². The zero-order valence-corrected chi connectivity index (χ0v) is 9.26. The fourth-order valence-corrected chi connectivity index (χ4v) is 1.87. The summed E-state index contributed by atoms with van der Waals surface area (Å²) in [5.41, 5.74) is 8.55. The van der Waals surface area contributed by atoms with Crippen molar-refractivity contribution in [1.82, 2.24) is 15.0 Å². The normalized spacial score (nSPS) is 14.4. The molecule has 0 amide bonds. The number of nitrogens with zero attached hydrogens (tertiary/aromatic N) is 3. The highest BCUT2D eigenvalue weighted by molar-refractivity contribution is 5.55. The molecular formula is C12H12N4O. The van der Waals surface area contributed by atoms with Gasteiger partial charge in [-0.25, -0.2) is 9.97 Å². The van der Waals surface area contributed by atoms with Crippen LogP contribution in [-0.2, 0) is 17.8 Å². The lowest BCUT2D eigenvalue weighted by Crippen LogP contribution is -2.16. The number of hydrogen-bond donors (Lipinski definition) is 1. The Labute approximate surface area is 98.7 Å². The van der Waals surface area contributed by atoms with Crippen LogP contribution in [0.3, 0.4) is 0 Å². The van der Waals surface area contributed by atoms with E-state index in [2.05, 4.69) is 15.0 Å². The van der Waals surface area contributed by atoms with Crippen LogP contribution in [0, 0.1) is 0 Å². The van der Waals surface area contributed by atoms with E-state index in [-0.39, 0.29) is 0 Å². The van der Waals surface area contributed by atoms with Gasteiger partial charge < -0.3 is 10.5 Å². The number of nitrogens with two attached hydrogens (primary N) is 1. The van der Waals surface area contributed by atoms with Gasteiger partial charge >= 0.3 is 0 Å².